The van der Waals surface area contributed by atoms with Gasteiger partial charge in [0.15, 0.2) is 0 Å². The zero-order valence-corrected chi connectivity index (χ0v) is 11.3. The van der Waals surface area contributed by atoms with Crippen LogP contribution in [0.25, 0.3) is 0 Å². The third-order valence-electron chi connectivity index (χ3n) is 4.26. The largest absolute Gasteiger partial charge is 0.367 e. The Kier molecular flexibility index (Phi) is 3.91. The highest BCUT2D eigenvalue weighted by molar-refractivity contribution is 5.47. The first kappa shape index (κ1) is 13.0. The van der Waals surface area contributed by atoms with E-state index in [4.69, 9.17) is 0 Å². The van der Waals surface area contributed by atoms with E-state index in [2.05, 4.69) is 18.3 Å². The maximum Gasteiger partial charge on any atom is 0.125 e. The number of hydrogen-bond donors (Lipinski definition) is 1. The molecule has 3 atom stereocenters. The highest BCUT2D eigenvalue weighted by Gasteiger charge is 2.38. The molecule has 2 nitrogen and oxygen atoms in total. The van der Waals surface area contributed by atoms with E-state index in [1.165, 1.54) is 19.3 Å². The van der Waals surface area contributed by atoms with Crippen LogP contribution >= 0.6 is 0 Å². The number of para-hydroxylation sites is 1. The van der Waals surface area contributed by atoms with E-state index in [0.717, 1.165) is 12.1 Å². The van der Waals surface area contributed by atoms with Gasteiger partial charge in [0.1, 0.15) is 5.54 Å². The van der Waals surface area contributed by atoms with Crippen molar-refractivity contribution < 1.29 is 0 Å². The van der Waals surface area contributed by atoms with Crippen molar-refractivity contribution in [1.82, 2.24) is 0 Å². The summed E-state index contributed by atoms with van der Waals surface area (Å²) in [7, 11) is 0. The molecule has 0 unspecified atom stereocenters. The average molecular weight is 242 g/mol. The Morgan fingerprint density at radius 1 is 1.22 bits per heavy atom. The zero-order valence-electron chi connectivity index (χ0n) is 11.3. The maximum atomic E-state index is 9.60. The van der Waals surface area contributed by atoms with Gasteiger partial charge in [0.2, 0.25) is 0 Å². The molecule has 1 aromatic rings. The maximum absolute atomic E-state index is 9.60. The highest BCUT2D eigenvalue weighted by atomic mass is 15.0. The van der Waals surface area contributed by atoms with E-state index in [0.29, 0.717) is 11.8 Å². The number of hydrogen-bond acceptors (Lipinski definition) is 2. The summed E-state index contributed by atoms with van der Waals surface area (Å²) in [6.07, 6.45) is 4.97. The summed E-state index contributed by atoms with van der Waals surface area (Å²) in [6, 6.07) is 12.6. The number of rotatable bonds is 3. The van der Waals surface area contributed by atoms with Crippen LogP contribution in [0.2, 0.25) is 0 Å². The third kappa shape index (κ3) is 2.67. The van der Waals surface area contributed by atoms with Crippen LogP contribution in [0.5, 0.6) is 0 Å². The summed E-state index contributed by atoms with van der Waals surface area (Å²) in [5.74, 6) is 1.07. The molecule has 1 aromatic carbocycles. The van der Waals surface area contributed by atoms with Gasteiger partial charge in [-0.25, -0.2) is 0 Å². The van der Waals surface area contributed by atoms with Crippen molar-refractivity contribution >= 4 is 5.69 Å². The van der Waals surface area contributed by atoms with Crippen LogP contribution in [0.3, 0.4) is 0 Å². The van der Waals surface area contributed by atoms with E-state index >= 15 is 0 Å². The second-order valence-corrected chi connectivity index (χ2v) is 5.67. The van der Waals surface area contributed by atoms with Crippen LogP contribution in [0.1, 0.15) is 39.5 Å². The van der Waals surface area contributed by atoms with E-state index in [-0.39, 0.29) is 0 Å². The molecule has 1 N–H and O–H groups in total. The molecule has 1 aliphatic rings. The Hall–Kier alpha value is -1.49. The summed E-state index contributed by atoms with van der Waals surface area (Å²) >= 11 is 0. The molecular formula is C16H22N2. The minimum absolute atomic E-state index is 0.441. The number of nitriles is 1. The van der Waals surface area contributed by atoms with Crippen molar-refractivity contribution in [2.24, 2.45) is 11.8 Å². The van der Waals surface area contributed by atoms with Crippen molar-refractivity contribution in [1.29, 1.82) is 5.26 Å². The molecule has 0 spiro atoms. The highest BCUT2D eigenvalue weighted by Crippen LogP contribution is 2.38. The quantitative estimate of drug-likeness (QED) is 0.862. The molecule has 0 radical (unpaired) electrons. The fourth-order valence-corrected chi connectivity index (χ4v) is 3.20. The van der Waals surface area contributed by atoms with Gasteiger partial charge in [0, 0.05) is 5.69 Å². The lowest BCUT2D eigenvalue weighted by atomic mass is 9.70. The van der Waals surface area contributed by atoms with Gasteiger partial charge in [0.05, 0.1) is 6.07 Å². The second-order valence-electron chi connectivity index (χ2n) is 5.67. The molecule has 1 aliphatic carbocycles. The smallest absolute Gasteiger partial charge is 0.125 e. The average Bonchev–Trinajstić information content (AvgIpc) is 2.40. The first-order chi connectivity index (χ1) is 8.65. The topological polar surface area (TPSA) is 35.8 Å². The Morgan fingerprint density at radius 2 is 1.89 bits per heavy atom. The molecule has 1 saturated carbocycles. The van der Waals surface area contributed by atoms with Crippen LogP contribution in [-0.2, 0) is 0 Å². The predicted molar refractivity (Wildman–Crippen MR) is 75.2 cm³/mol. The lowest BCUT2D eigenvalue weighted by Gasteiger charge is -2.40. The van der Waals surface area contributed by atoms with Crippen LogP contribution in [-0.4, -0.2) is 5.54 Å². The van der Waals surface area contributed by atoms with Crippen LogP contribution in [0, 0.1) is 23.2 Å². The standard InChI is InChI=1S/C16H22N2/c1-13-8-6-7-11-15(13)16(2,12-17)18-14-9-4-3-5-10-14/h3-5,9-10,13,15,18H,6-8,11H2,1-2H3/t13-,15-,16-/m1/s1. The van der Waals surface area contributed by atoms with Crippen molar-refractivity contribution in [3.8, 4) is 6.07 Å². The van der Waals surface area contributed by atoms with Gasteiger partial charge < -0.3 is 5.32 Å². The number of anilines is 1. The fraction of sp³-hybridized carbons (Fsp3) is 0.562. The normalized spacial score (nSPS) is 26.9. The number of nitrogens with one attached hydrogen (secondary N) is 1. The molecule has 0 bridgehead atoms. The summed E-state index contributed by atoms with van der Waals surface area (Å²) in [4.78, 5) is 0. The molecule has 0 heterocycles. The minimum atomic E-state index is -0.457. The van der Waals surface area contributed by atoms with Gasteiger partial charge in [-0.1, -0.05) is 44.4 Å². The van der Waals surface area contributed by atoms with Gasteiger partial charge >= 0.3 is 0 Å². The molecule has 0 saturated heterocycles. The lowest BCUT2D eigenvalue weighted by molar-refractivity contribution is 0.202. The number of benzene rings is 1. The zero-order chi connectivity index (χ0) is 13.0. The number of nitrogens with zero attached hydrogens (tertiary/aromatic N) is 1. The molecule has 18 heavy (non-hydrogen) atoms. The van der Waals surface area contributed by atoms with Gasteiger partial charge in [0.25, 0.3) is 0 Å². The van der Waals surface area contributed by atoms with Gasteiger partial charge in [-0.3, -0.25) is 0 Å². The van der Waals surface area contributed by atoms with E-state index in [1.807, 2.05) is 37.3 Å². The summed E-state index contributed by atoms with van der Waals surface area (Å²) < 4.78 is 0. The van der Waals surface area contributed by atoms with E-state index in [9.17, 15) is 5.26 Å². The van der Waals surface area contributed by atoms with E-state index < -0.39 is 5.54 Å². The van der Waals surface area contributed by atoms with Crippen molar-refractivity contribution in [2.75, 3.05) is 5.32 Å². The summed E-state index contributed by atoms with van der Waals surface area (Å²) in [5.41, 5.74) is 0.584. The van der Waals surface area contributed by atoms with Crippen LogP contribution in [0.4, 0.5) is 5.69 Å². The minimum Gasteiger partial charge on any atom is -0.367 e. The molecular weight excluding hydrogens is 220 g/mol. The second kappa shape index (κ2) is 5.44. The fourth-order valence-electron chi connectivity index (χ4n) is 3.20. The Labute approximate surface area is 110 Å². The van der Waals surface area contributed by atoms with Gasteiger partial charge in [-0.2, -0.15) is 5.26 Å². The Bertz CT molecular complexity index is 420. The summed E-state index contributed by atoms with van der Waals surface area (Å²) in [6.45, 7) is 4.33. The Morgan fingerprint density at radius 3 is 2.50 bits per heavy atom. The van der Waals surface area contributed by atoms with Gasteiger partial charge in [-0.15, -0.1) is 0 Å². The first-order valence-electron chi connectivity index (χ1n) is 6.90. The molecule has 0 amide bonds. The lowest BCUT2D eigenvalue weighted by Crippen LogP contribution is -2.45. The van der Waals surface area contributed by atoms with Crippen molar-refractivity contribution in [2.45, 2.75) is 45.1 Å². The first-order valence-corrected chi connectivity index (χ1v) is 6.90. The molecule has 96 valence electrons. The van der Waals surface area contributed by atoms with Crippen LogP contribution < -0.4 is 5.32 Å². The predicted octanol–water partition coefficient (Wildman–Crippen LogP) is 4.21. The summed E-state index contributed by atoms with van der Waals surface area (Å²) in [5, 5.41) is 13.0. The van der Waals surface area contributed by atoms with Crippen molar-refractivity contribution in [3.05, 3.63) is 30.3 Å². The van der Waals surface area contributed by atoms with Crippen molar-refractivity contribution in [3.63, 3.8) is 0 Å². The molecule has 2 rings (SSSR count). The van der Waals surface area contributed by atoms with Crippen LogP contribution in [0.15, 0.2) is 30.3 Å². The van der Waals surface area contributed by atoms with Gasteiger partial charge in [-0.05, 0) is 37.3 Å². The third-order valence-corrected chi connectivity index (χ3v) is 4.26. The molecule has 0 aliphatic heterocycles. The monoisotopic (exact) mass is 242 g/mol. The SMILES string of the molecule is C[C@@H]1CCCC[C@H]1[C@@](C)(C#N)Nc1ccccc1. The van der Waals surface area contributed by atoms with E-state index in [1.54, 1.807) is 0 Å². The molecule has 2 heteroatoms. The molecule has 0 aromatic heterocycles. The molecule has 1 fully saturated rings. The Balaban J connectivity index is 2.17.